The van der Waals surface area contributed by atoms with E-state index in [1.807, 2.05) is 0 Å². The lowest BCUT2D eigenvalue weighted by molar-refractivity contribution is 0.0990. The molecular formula is C20H16N6O4. The molecule has 0 saturated heterocycles. The molecule has 2 aromatic heterocycles. The third-order valence-corrected chi connectivity index (χ3v) is 4.52. The van der Waals surface area contributed by atoms with Gasteiger partial charge < -0.3 is 21.2 Å². The van der Waals surface area contributed by atoms with Gasteiger partial charge in [0.15, 0.2) is 17.2 Å². The Labute approximate surface area is 169 Å². The quantitative estimate of drug-likeness (QED) is 0.450. The first kappa shape index (κ1) is 18.9. The molecule has 0 aliphatic carbocycles. The van der Waals surface area contributed by atoms with E-state index in [9.17, 15) is 14.4 Å². The van der Waals surface area contributed by atoms with Crippen molar-refractivity contribution in [2.75, 3.05) is 7.11 Å². The molecule has 10 nitrogen and oxygen atoms in total. The summed E-state index contributed by atoms with van der Waals surface area (Å²) in [5.41, 5.74) is 11.6. The van der Waals surface area contributed by atoms with Crippen LogP contribution in [0.5, 0.6) is 5.75 Å². The smallest absolute Gasteiger partial charge is 0.332 e. The fourth-order valence-electron chi connectivity index (χ4n) is 3.11. The largest absolute Gasteiger partial charge is 0.495 e. The molecule has 30 heavy (non-hydrogen) atoms. The number of hydrogen-bond donors (Lipinski definition) is 3. The molecule has 10 heteroatoms. The van der Waals surface area contributed by atoms with Crippen molar-refractivity contribution in [2.24, 2.45) is 11.5 Å². The number of amides is 2. The van der Waals surface area contributed by atoms with Crippen LogP contribution in [0.25, 0.3) is 28.2 Å². The highest BCUT2D eigenvalue weighted by molar-refractivity contribution is 6.02. The number of carbonyl (C=O) groups is 2. The molecule has 0 radical (unpaired) electrons. The minimum absolute atomic E-state index is 0.107. The van der Waals surface area contributed by atoms with E-state index in [4.69, 9.17) is 16.2 Å². The third-order valence-electron chi connectivity index (χ3n) is 4.52. The van der Waals surface area contributed by atoms with Gasteiger partial charge in [0.05, 0.1) is 12.8 Å². The normalized spacial score (nSPS) is 10.8. The van der Waals surface area contributed by atoms with Crippen LogP contribution in [0.2, 0.25) is 0 Å². The van der Waals surface area contributed by atoms with Crippen molar-refractivity contribution in [3.05, 3.63) is 70.3 Å². The van der Waals surface area contributed by atoms with Gasteiger partial charge in [0.1, 0.15) is 11.3 Å². The summed E-state index contributed by atoms with van der Waals surface area (Å²) in [6.45, 7) is 0. The van der Waals surface area contributed by atoms with Gasteiger partial charge >= 0.3 is 5.69 Å². The summed E-state index contributed by atoms with van der Waals surface area (Å²) in [5, 5.41) is 0. The number of benzene rings is 2. The molecule has 4 rings (SSSR count). The summed E-state index contributed by atoms with van der Waals surface area (Å²) in [5.74, 6) is -0.820. The fourth-order valence-corrected chi connectivity index (χ4v) is 3.11. The molecule has 0 aliphatic rings. The lowest BCUT2D eigenvalue weighted by atomic mass is 10.1. The summed E-state index contributed by atoms with van der Waals surface area (Å²) >= 11 is 0. The van der Waals surface area contributed by atoms with Gasteiger partial charge in [-0.3, -0.25) is 9.59 Å². The van der Waals surface area contributed by atoms with Crippen molar-refractivity contribution >= 4 is 23.0 Å². The molecule has 2 aromatic carbocycles. The van der Waals surface area contributed by atoms with Crippen molar-refractivity contribution < 1.29 is 14.3 Å². The molecule has 4 aromatic rings. The number of para-hydroxylation sites is 2. The van der Waals surface area contributed by atoms with Crippen LogP contribution in [-0.2, 0) is 0 Å². The summed E-state index contributed by atoms with van der Waals surface area (Å²) in [6.07, 6.45) is 0. The molecule has 5 N–H and O–H groups in total. The van der Waals surface area contributed by atoms with E-state index >= 15 is 0 Å². The molecule has 0 unspecified atom stereocenters. The molecular weight excluding hydrogens is 388 g/mol. The second-order valence-corrected chi connectivity index (χ2v) is 6.34. The van der Waals surface area contributed by atoms with Crippen molar-refractivity contribution in [1.29, 1.82) is 0 Å². The minimum atomic E-state index is -0.828. The van der Waals surface area contributed by atoms with Crippen molar-refractivity contribution in [1.82, 2.24) is 19.5 Å². The second-order valence-electron chi connectivity index (χ2n) is 6.34. The van der Waals surface area contributed by atoms with Gasteiger partial charge in [-0.25, -0.2) is 19.3 Å². The molecule has 0 fully saturated rings. The lowest BCUT2D eigenvalue weighted by Gasteiger charge is -2.10. The van der Waals surface area contributed by atoms with E-state index in [1.165, 1.54) is 23.8 Å². The average Bonchev–Trinajstić information content (AvgIpc) is 3.08. The summed E-state index contributed by atoms with van der Waals surface area (Å²) in [4.78, 5) is 47.4. The van der Waals surface area contributed by atoms with Crippen LogP contribution in [-0.4, -0.2) is 38.4 Å². The number of fused-ring (bicyclic) bond motifs is 1. The number of rotatable bonds is 5. The minimum Gasteiger partial charge on any atom is -0.495 e. The molecule has 0 saturated carbocycles. The zero-order valence-electron chi connectivity index (χ0n) is 15.7. The first-order valence-corrected chi connectivity index (χ1v) is 8.77. The van der Waals surface area contributed by atoms with Crippen molar-refractivity contribution in [3.8, 4) is 22.8 Å². The van der Waals surface area contributed by atoms with Crippen molar-refractivity contribution in [3.63, 3.8) is 0 Å². The van der Waals surface area contributed by atoms with Gasteiger partial charge in [0.2, 0.25) is 5.91 Å². The van der Waals surface area contributed by atoms with Gasteiger partial charge in [-0.15, -0.1) is 0 Å². The number of imidazole rings is 1. The molecule has 0 aliphatic heterocycles. The Morgan fingerprint density at radius 2 is 1.70 bits per heavy atom. The number of primary amides is 2. The summed E-state index contributed by atoms with van der Waals surface area (Å²) < 4.78 is 6.63. The molecule has 2 heterocycles. The van der Waals surface area contributed by atoms with Crippen LogP contribution < -0.4 is 21.9 Å². The number of nitrogens with one attached hydrogen (secondary N) is 1. The van der Waals surface area contributed by atoms with E-state index in [2.05, 4.69) is 15.0 Å². The van der Waals surface area contributed by atoms with E-state index in [0.717, 1.165) is 0 Å². The SMILES string of the molecule is COc1ccccc1-n1c(=O)[nH]c2c(C(N)=O)nc(-c3ccc(C(N)=O)cc3)nc21. The Morgan fingerprint density at radius 3 is 2.33 bits per heavy atom. The van der Waals surface area contributed by atoms with Gasteiger partial charge in [0, 0.05) is 11.1 Å². The highest BCUT2D eigenvalue weighted by atomic mass is 16.5. The van der Waals surface area contributed by atoms with E-state index in [-0.39, 0.29) is 22.7 Å². The topological polar surface area (TPSA) is 159 Å². The number of aromatic nitrogens is 4. The average molecular weight is 404 g/mol. The van der Waals surface area contributed by atoms with Gasteiger partial charge in [-0.1, -0.05) is 24.3 Å². The number of aromatic amines is 1. The standard InChI is InChI=1S/C20H16N6O4/c1-30-13-5-3-2-4-12(13)26-19-15(24-20(26)29)14(17(22)28)23-18(25-19)11-8-6-10(7-9-11)16(21)27/h2-9H,1H3,(H2,21,27)(H2,22,28)(H,24,29). The highest BCUT2D eigenvalue weighted by Crippen LogP contribution is 2.26. The molecule has 150 valence electrons. The number of H-pyrrole nitrogens is 1. The molecule has 0 atom stereocenters. The van der Waals surface area contributed by atoms with Crippen LogP contribution in [0, 0.1) is 0 Å². The number of methoxy groups -OCH3 is 1. The van der Waals surface area contributed by atoms with Gasteiger partial charge in [-0.05, 0) is 24.3 Å². The van der Waals surface area contributed by atoms with Crippen LogP contribution in [0.4, 0.5) is 0 Å². The Bertz CT molecular complexity index is 1350. The Kier molecular flexibility index (Phi) is 4.51. The third kappa shape index (κ3) is 3.05. The zero-order valence-corrected chi connectivity index (χ0v) is 15.7. The molecule has 0 spiro atoms. The van der Waals surface area contributed by atoms with Gasteiger partial charge in [0.25, 0.3) is 5.91 Å². The Balaban J connectivity index is 2.02. The number of nitrogens with two attached hydrogens (primary N) is 2. The summed E-state index contributed by atoms with van der Waals surface area (Å²) in [6, 6.07) is 13.1. The lowest BCUT2D eigenvalue weighted by Crippen LogP contribution is -2.16. The maximum absolute atomic E-state index is 12.7. The summed E-state index contributed by atoms with van der Waals surface area (Å²) in [7, 11) is 1.48. The number of ether oxygens (including phenoxy) is 1. The molecule has 2 amide bonds. The first-order valence-electron chi connectivity index (χ1n) is 8.77. The van der Waals surface area contributed by atoms with Crippen LogP contribution in [0.3, 0.4) is 0 Å². The predicted octanol–water partition coefficient (Wildman–Crippen LogP) is 0.982. The van der Waals surface area contributed by atoms with E-state index < -0.39 is 17.5 Å². The van der Waals surface area contributed by atoms with Crippen LogP contribution in [0.15, 0.2) is 53.3 Å². The Hall–Kier alpha value is -4.47. The maximum Gasteiger partial charge on any atom is 0.332 e. The number of hydrogen-bond acceptors (Lipinski definition) is 6. The van der Waals surface area contributed by atoms with E-state index in [1.54, 1.807) is 36.4 Å². The second kappa shape index (κ2) is 7.17. The number of carbonyl (C=O) groups excluding carboxylic acids is 2. The zero-order chi connectivity index (χ0) is 21.4. The van der Waals surface area contributed by atoms with Crippen LogP contribution in [0.1, 0.15) is 20.8 Å². The van der Waals surface area contributed by atoms with E-state index in [0.29, 0.717) is 22.6 Å². The maximum atomic E-state index is 12.7. The Morgan fingerprint density at radius 1 is 1.00 bits per heavy atom. The highest BCUT2D eigenvalue weighted by Gasteiger charge is 2.21. The predicted molar refractivity (Wildman–Crippen MR) is 109 cm³/mol. The molecule has 0 bridgehead atoms. The van der Waals surface area contributed by atoms with Gasteiger partial charge in [-0.2, -0.15) is 0 Å². The first-order chi connectivity index (χ1) is 14.4. The van der Waals surface area contributed by atoms with Crippen LogP contribution >= 0.6 is 0 Å². The van der Waals surface area contributed by atoms with Crippen molar-refractivity contribution in [2.45, 2.75) is 0 Å². The monoisotopic (exact) mass is 404 g/mol. The fraction of sp³-hybridized carbons (Fsp3) is 0.0500. The number of nitrogens with zero attached hydrogens (tertiary/aromatic N) is 3.